The zero-order chi connectivity index (χ0) is 16.9. The lowest BCUT2D eigenvalue weighted by Crippen LogP contribution is -2.41. The van der Waals surface area contributed by atoms with Gasteiger partial charge in [-0.1, -0.05) is 24.6 Å². The van der Waals surface area contributed by atoms with Crippen LogP contribution in [0.15, 0.2) is 30.3 Å². The first-order valence-corrected chi connectivity index (χ1v) is 9.04. The van der Waals surface area contributed by atoms with Crippen molar-refractivity contribution in [1.82, 2.24) is 9.80 Å². The van der Waals surface area contributed by atoms with E-state index in [1.54, 1.807) is 0 Å². The second kappa shape index (κ2) is 9.20. The van der Waals surface area contributed by atoms with Crippen molar-refractivity contribution in [3.8, 4) is 0 Å². The Morgan fingerprint density at radius 1 is 0.960 bits per heavy atom. The largest absolute Gasteiger partial charge is 0.341 e. The second-order valence-electron chi connectivity index (χ2n) is 6.87. The molecule has 5 nitrogen and oxygen atoms in total. The van der Waals surface area contributed by atoms with Crippen molar-refractivity contribution in [2.75, 3.05) is 32.7 Å². The summed E-state index contributed by atoms with van der Waals surface area (Å²) >= 11 is 0. The highest BCUT2D eigenvalue weighted by molar-refractivity contribution is 5.94. The number of carbonyl (C=O) groups excluding carboxylic acids is 2. The molecule has 1 saturated carbocycles. The first kappa shape index (κ1) is 19.7. The summed E-state index contributed by atoms with van der Waals surface area (Å²) in [6.07, 6.45) is 3.97. The SMILES string of the molecule is Cl.NC[C@H]1CCC[C@H]1C(=O)N1CCCN(C(=O)c2ccccc2)CC1. The van der Waals surface area contributed by atoms with Crippen molar-refractivity contribution in [2.45, 2.75) is 25.7 Å². The van der Waals surface area contributed by atoms with Gasteiger partial charge in [-0.3, -0.25) is 9.59 Å². The molecule has 0 spiro atoms. The molecule has 1 aliphatic carbocycles. The molecule has 2 amide bonds. The van der Waals surface area contributed by atoms with Crippen LogP contribution in [0.3, 0.4) is 0 Å². The minimum absolute atomic E-state index is 0. The van der Waals surface area contributed by atoms with Crippen molar-refractivity contribution >= 4 is 24.2 Å². The molecular weight excluding hydrogens is 338 g/mol. The highest BCUT2D eigenvalue weighted by Crippen LogP contribution is 2.32. The maximum absolute atomic E-state index is 12.8. The lowest BCUT2D eigenvalue weighted by molar-refractivity contribution is -0.136. The highest BCUT2D eigenvalue weighted by Gasteiger charge is 2.35. The number of benzene rings is 1. The van der Waals surface area contributed by atoms with E-state index < -0.39 is 0 Å². The van der Waals surface area contributed by atoms with Gasteiger partial charge in [-0.25, -0.2) is 0 Å². The molecule has 1 saturated heterocycles. The van der Waals surface area contributed by atoms with Crippen LogP contribution in [0.5, 0.6) is 0 Å². The van der Waals surface area contributed by atoms with Crippen molar-refractivity contribution < 1.29 is 9.59 Å². The van der Waals surface area contributed by atoms with Gasteiger partial charge in [-0.2, -0.15) is 0 Å². The number of carbonyl (C=O) groups is 2. The van der Waals surface area contributed by atoms with Crippen LogP contribution in [-0.2, 0) is 4.79 Å². The maximum Gasteiger partial charge on any atom is 0.253 e. The lowest BCUT2D eigenvalue weighted by Gasteiger charge is -2.27. The Bertz CT molecular complexity index is 581. The van der Waals surface area contributed by atoms with Crippen molar-refractivity contribution in [3.63, 3.8) is 0 Å². The first-order valence-electron chi connectivity index (χ1n) is 9.04. The molecule has 1 aromatic carbocycles. The van der Waals surface area contributed by atoms with Crippen molar-refractivity contribution in [2.24, 2.45) is 17.6 Å². The summed E-state index contributed by atoms with van der Waals surface area (Å²) in [7, 11) is 0. The molecule has 1 aromatic rings. The average molecular weight is 366 g/mol. The molecule has 0 radical (unpaired) electrons. The fraction of sp³-hybridized carbons (Fsp3) is 0.579. The zero-order valence-electron chi connectivity index (χ0n) is 14.6. The highest BCUT2D eigenvalue weighted by atomic mass is 35.5. The van der Waals surface area contributed by atoms with Crippen molar-refractivity contribution in [3.05, 3.63) is 35.9 Å². The first-order chi connectivity index (χ1) is 11.7. The molecule has 3 rings (SSSR count). The minimum atomic E-state index is 0. The molecule has 2 atom stereocenters. The van der Waals surface area contributed by atoms with E-state index in [0.717, 1.165) is 37.8 Å². The number of amides is 2. The quantitative estimate of drug-likeness (QED) is 0.892. The second-order valence-corrected chi connectivity index (χ2v) is 6.87. The summed E-state index contributed by atoms with van der Waals surface area (Å²) in [5.74, 6) is 0.733. The molecule has 0 aromatic heterocycles. The molecule has 138 valence electrons. The molecule has 25 heavy (non-hydrogen) atoms. The molecule has 2 N–H and O–H groups in total. The van der Waals surface area contributed by atoms with E-state index in [0.29, 0.717) is 32.1 Å². The summed E-state index contributed by atoms with van der Waals surface area (Å²) in [6, 6.07) is 9.37. The van der Waals surface area contributed by atoms with Gasteiger partial charge in [-0.15, -0.1) is 12.4 Å². The third-order valence-electron chi connectivity index (χ3n) is 5.39. The predicted octanol–water partition coefficient (Wildman–Crippen LogP) is 2.16. The Kier molecular flexibility index (Phi) is 7.26. The van der Waals surface area contributed by atoms with Gasteiger partial charge < -0.3 is 15.5 Å². The van der Waals surface area contributed by atoms with E-state index in [1.165, 1.54) is 0 Å². The Morgan fingerprint density at radius 2 is 1.64 bits per heavy atom. The Labute approximate surface area is 155 Å². The van der Waals surface area contributed by atoms with E-state index in [1.807, 2.05) is 40.1 Å². The molecule has 2 fully saturated rings. The van der Waals surface area contributed by atoms with Gasteiger partial charge in [0.15, 0.2) is 0 Å². The van der Waals surface area contributed by atoms with E-state index >= 15 is 0 Å². The Hall–Kier alpha value is -1.59. The number of hydrogen-bond acceptors (Lipinski definition) is 3. The van der Waals surface area contributed by atoms with Crippen LogP contribution in [0.1, 0.15) is 36.0 Å². The van der Waals surface area contributed by atoms with Gasteiger partial charge >= 0.3 is 0 Å². The third-order valence-corrected chi connectivity index (χ3v) is 5.39. The molecule has 1 heterocycles. The summed E-state index contributed by atoms with van der Waals surface area (Å²) in [5, 5.41) is 0. The predicted molar refractivity (Wildman–Crippen MR) is 101 cm³/mol. The molecular formula is C19H28ClN3O2. The number of nitrogens with two attached hydrogens (primary N) is 1. The van der Waals surface area contributed by atoms with Gasteiger partial charge in [0.25, 0.3) is 5.91 Å². The number of halogens is 1. The van der Waals surface area contributed by atoms with Crippen LogP contribution in [-0.4, -0.2) is 54.3 Å². The number of hydrogen-bond donors (Lipinski definition) is 1. The Balaban J connectivity index is 0.00000225. The van der Waals surface area contributed by atoms with Crippen LogP contribution >= 0.6 is 12.4 Å². The number of rotatable bonds is 3. The number of nitrogens with zero attached hydrogens (tertiary/aromatic N) is 2. The van der Waals surface area contributed by atoms with Gasteiger partial charge in [0, 0.05) is 37.7 Å². The monoisotopic (exact) mass is 365 g/mol. The van der Waals surface area contributed by atoms with Crippen LogP contribution < -0.4 is 5.73 Å². The van der Waals surface area contributed by atoms with Crippen LogP contribution in [0.4, 0.5) is 0 Å². The van der Waals surface area contributed by atoms with E-state index in [9.17, 15) is 9.59 Å². The van der Waals surface area contributed by atoms with Gasteiger partial charge in [0.2, 0.25) is 5.91 Å². The smallest absolute Gasteiger partial charge is 0.253 e. The molecule has 0 bridgehead atoms. The molecule has 1 aliphatic heterocycles. The summed E-state index contributed by atoms with van der Waals surface area (Å²) in [4.78, 5) is 29.3. The molecule has 0 unspecified atom stereocenters. The fourth-order valence-electron chi connectivity index (χ4n) is 3.98. The summed E-state index contributed by atoms with van der Waals surface area (Å²) in [5.41, 5.74) is 6.54. The molecule has 6 heteroatoms. The average Bonchev–Trinajstić information content (AvgIpc) is 2.97. The topological polar surface area (TPSA) is 66.6 Å². The lowest BCUT2D eigenvalue weighted by atomic mass is 9.94. The van der Waals surface area contributed by atoms with Gasteiger partial charge in [0.1, 0.15) is 0 Å². The standard InChI is InChI=1S/C19H27N3O2.ClH/c20-14-16-8-4-9-17(16)19(24)22-11-5-10-21(12-13-22)18(23)15-6-2-1-3-7-15;/h1-3,6-7,16-17H,4-5,8-14,20H2;1H/t16-,17-;/m1./s1. The normalized spacial score (nSPS) is 23.7. The van der Waals surface area contributed by atoms with E-state index in [4.69, 9.17) is 5.73 Å². The van der Waals surface area contributed by atoms with Gasteiger partial charge in [-0.05, 0) is 43.9 Å². The van der Waals surface area contributed by atoms with Crippen LogP contribution in [0.25, 0.3) is 0 Å². The van der Waals surface area contributed by atoms with Crippen LogP contribution in [0.2, 0.25) is 0 Å². The Morgan fingerprint density at radius 3 is 2.36 bits per heavy atom. The van der Waals surface area contributed by atoms with Crippen LogP contribution in [0, 0.1) is 11.8 Å². The fourth-order valence-corrected chi connectivity index (χ4v) is 3.98. The zero-order valence-corrected chi connectivity index (χ0v) is 15.4. The van der Waals surface area contributed by atoms with Crippen molar-refractivity contribution in [1.29, 1.82) is 0 Å². The van der Waals surface area contributed by atoms with E-state index in [2.05, 4.69) is 0 Å². The van der Waals surface area contributed by atoms with Gasteiger partial charge in [0.05, 0.1) is 0 Å². The third kappa shape index (κ3) is 4.53. The molecule has 2 aliphatic rings. The van der Waals surface area contributed by atoms with E-state index in [-0.39, 0.29) is 30.1 Å². The summed E-state index contributed by atoms with van der Waals surface area (Å²) < 4.78 is 0. The minimum Gasteiger partial charge on any atom is -0.341 e. The summed E-state index contributed by atoms with van der Waals surface area (Å²) in [6.45, 7) is 3.29. The maximum atomic E-state index is 12.8.